The molecule has 19 heavy (non-hydrogen) atoms. The zero-order valence-corrected chi connectivity index (χ0v) is 11.7. The lowest BCUT2D eigenvalue weighted by Gasteiger charge is -2.34. The molecule has 6 heteroatoms. The quantitative estimate of drug-likeness (QED) is 0.721. The van der Waals surface area contributed by atoms with Gasteiger partial charge in [-0.25, -0.2) is 9.59 Å². The van der Waals surface area contributed by atoms with Gasteiger partial charge >= 0.3 is 12.1 Å². The summed E-state index contributed by atoms with van der Waals surface area (Å²) in [5.74, 6) is -1.48. The van der Waals surface area contributed by atoms with Crippen LogP contribution in [0, 0.1) is 5.92 Å². The summed E-state index contributed by atoms with van der Waals surface area (Å²) in [5.41, 5.74) is -2.35. The van der Waals surface area contributed by atoms with Crippen LogP contribution in [0.1, 0.15) is 46.5 Å². The summed E-state index contributed by atoms with van der Waals surface area (Å²) in [6.45, 7) is 4.46. The van der Waals surface area contributed by atoms with Crippen molar-refractivity contribution in [1.29, 1.82) is 0 Å². The van der Waals surface area contributed by atoms with Crippen LogP contribution >= 0.6 is 0 Å². The third-order valence-electron chi connectivity index (χ3n) is 3.41. The highest BCUT2D eigenvalue weighted by atomic mass is 16.6. The Morgan fingerprint density at radius 3 is 2.16 bits per heavy atom. The van der Waals surface area contributed by atoms with E-state index in [1.807, 2.05) is 0 Å². The number of ether oxygens (including phenoxy) is 1. The van der Waals surface area contributed by atoms with Crippen LogP contribution in [0.3, 0.4) is 0 Å². The van der Waals surface area contributed by atoms with E-state index in [4.69, 9.17) is 4.74 Å². The molecule has 0 heterocycles. The number of amides is 1. The van der Waals surface area contributed by atoms with Gasteiger partial charge in [-0.3, -0.25) is 0 Å². The second kappa shape index (κ2) is 5.77. The van der Waals surface area contributed by atoms with Crippen LogP contribution in [0.4, 0.5) is 4.79 Å². The van der Waals surface area contributed by atoms with Crippen molar-refractivity contribution < 1.29 is 24.5 Å². The maximum Gasteiger partial charge on any atom is 0.408 e. The van der Waals surface area contributed by atoms with Crippen molar-refractivity contribution in [1.82, 2.24) is 5.32 Å². The second-order valence-electron chi connectivity index (χ2n) is 6.04. The minimum atomic E-state index is -1.64. The monoisotopic (exact) mass is 273 g/mol. The number of carbonyl (C=O) groups is 2. The van der Waals surface area contributed by atoms with Crippen LogP contribution < -0.4 is 5.32 Å². The molecule has 3 N–H and O–H groups in total. The minimum absolute atomic E-state index is 0.262. The molecule has 0 aromatic heterocycles. The van der Waals surface area contributed by atoms with E-state index in [9.17, 15) is 19.8 Å². The van der Waals surface area contributed by atoms with Gasteiger partial charge in [-0.2, -0.15) is 0 Å². The van der Waals surface area contributed by atoms with Gasteiger partial charge in [0.2, 0.25) is 0 Å². The van der Waals surface area contributed by atoms with Crippen LogP contribution in [0.2, 0.25) is 0 Å². The molecular formula is C13H23NO5. The normalized spacial score (nSPS) is 19.8. The molecule has 0 radical (unpaired) electrons. The van der Waals surface area contributed by atoms with Gasteiger partial charge in [0, 0.05) is 0 Å². The number of aliphatic carboxylic acids is 1. The molecule has 1 atom stereocenters. The van der Waals surface area contributed by atoms with Gasteiger partial charge in [-0.05, 0) is 39.5 Å². The third-order valence-corrected chi connectivity index (χ3v) is 3.41. The zero-order valence-electron chi connectivity index (χ0n) is 11.7. The molecule has 0 bridgehead atoms. The SMILES string of the molecule is CC(C)(C)OC(=O)N[C@@](CO)(C(=O)O)C1CCCC1. The Balaban J connectivity index is 2.85. The summed E-state index contributed by atoms with van der Waals surface area (Å²) in [6, 6.07) is 0. The van der Waals surface area contributed by atoms with E-state index in [0.29, 0.717) is 12.8 Å². The maximum absolute atomic E-state index is 11.8. The molecule has 0 spiro atoms. The number of aliphatic hydroxyl groups is 1. The molecule has 0 saturated heterocycles. The standard InChI is InChI=1S/C13H23NO5/c1-12(2,3)19-11(18)14-13(8-15,10(16)17)9-6-4-5-7-9/h9,15H,4-8H2,1-3H3,(H,14,18)(H,16,17)/t13-/m1/s1. The lowest BCUT2D eigenvalue weighted by atomic mass is 9.83. The van der Waals surface area contributed by atoms with E-state index < -0.39 is 29.8 Å². The zero-order chi connectivity index (χ0) is 14.7. The Bertz CT molecular complexity index is 343. The van der Waals surface area contributed by atoms with Crippen molar-refractivity contribution in [3.8, 4) is 0 Å². The highest BCUT2D eigenvalue weighted by Gasteiger charge is 2.48. The van der Waals surface area contributed by atoms with Crippen LogP contribution in [0.15, 0.2) is 0 Å². The molecular weight excluding hydrogens is 250 g/mol. The maximum atomic E-state index is 11.8. The number of alkyl carbamates (subject to hydrolysis) is 1. The lowest BCUT2D eigenvalue weighted by Crippen LogP contribution is -2.62. The van der Waals surface area contributed by atoms with Crippen molar-refractivity contribution in [2.45, 2.75) is 57.6 Å². The van der Waals surface area contributed by atoms with E-state index in [2.05, 4.69) is 5.32 Å². The minimum Gasteiger partial charge on any atom is -0.479 e. The van der Waals surface area contributed by atoms with E-state index in [1.165, 1.54) is 0 Å². The van der Waals surface area contributed by atoms with Crippen LogP contribution in [-0.2, 0) is 9.53 Å². The van der Waals surface area contributed by atoms with E-state index in [1.54, 1.807) is 20.8 Å². The molecule has 6 nitrogen and oxygen atoms in total. The molecule has 1 fully saturated rings. The number of aliphatic hydroxyl groups excluding tert-OH is 1. The average molecular weight is 273 g/mol. The van der Waals surface area contributed by atoms with E-state index >= 15 is 0 Å². The Morgan fingerprint density at radius 1 is 1.26 bits per heavy atom. The fourth-order valence-electron chi connectivity index (χ4n) is 2.47. The van der Waals surface area contributed by atoms with E-state index in [0.717, 1.165) is 12.8 Å². The Kier molecular flexibility index (Phi) is 4.79. The topological polar surface area (TPSA) is 95.9 Å². The van der Waals surface area contributed by atoms with Gasteiger partial charge < -0.3 is 20.3 Å². The average Bonchev–Trinajstić information content (AvgIpc) is 2.76. The first-order valence-corrected chi connectivity index (χ1v) is 6.57. The molecule has 110 valence electrons. The molecule has 1 aliphatic rings. The molecule has 0 aromatic carbocycles. The fourth-order valence-corrected chi connectivity index (χ4v) is 2.47. The predicted octanol–water partition coefficient (Wildman–Crippen LogP) is 1.52. The van der Waals surface area contributed by atoms with E-state index in [-0.39, 0.29) is 5.92 Å². The number of hydrogen-bond donors (Lipinski definition) is 3. The first-order chi connectivity index (χ1) is 8.71. The Morgan fingerprint density at radius 2 is 1.79 bits per heavy atom. The smallest absolute Gasteiger partial charge is 0.408 e. The van der Waals surface area contributed by atoms with Crippen molar-refractivity contribution in [2.75, 3.05) is 6.61 Å². The number of carboxylic acids is 1. The van der Waals surface area contributed by atoms with Gasteiger partial charge in [-0.15, -0.1) is 0 Å². The number of nitrogens with one attached hydrogen (secondary N) is 1. The van der Waals surface area contributed by atoms with Crippen molar-refractivity contribution in [2.24, 2.45) is 5.92 Å². The summed E-state index contributed by atoms with van der Waals surface area (Å²) in [7, 11) is 0. The molecule has 0 unspecified atom stereocenters. The van der Waals surface area contributed by atoms with Gasteiger partial charge in [0.25, 0.3) is 0 Å². The van der Waals surface area contributed by atoms with Gasteiger partial charge in [0.15, 0.2) is 5.54 Å². The van der Waals surface area contributed by atoms with Gasteiger partial charge in [0.1, 0.15) is 5.60 Å². The molecule has 1 aliphatic carbocycles. The van der Waals surface area contributed by atoms with Gasteiger partial charge in [0.05, 0.1) is 6.61 Å². The highest BCUT2D eigenvalue weighted by Crippen LogP contribution is 2.34. The summed E-state index contributed by atoms with van der Waals surface area (Å²) in [5, 5.41) is 21.3. The van der Waals surface area contributed by atoms with Crippen LogP contribution in [-0.4, -0.2) is 40.0 Å². The van der Waals surface area contributed by atoms with Crippen molar-refractivity contribution in [3.63, 3.8) is 0 Å². The molecule has 0 aliphatic heterocycles. The van der Waals surface area contributed by atoms with Gasteiger partial charge in [-0.1, -0.05) is 12.8 Å². The van der Waals surface area contributed by atoms with Crippen LogP contribution in [0.25, 0.3) is 0 Å². The summed E-state index contributed by atoms with van der Waals surface area (Å²) < 4.78 is 5.08. The summed E-state index contributed by atoms with van der Waals surface area (Å²) in [6.07, 6.45) is 2.38. The fraction of sp³-hybridized carbons (Fsp3) is 0.846. The predicted molar refractivity (Wildman–Crippen MR) is 68.8 cm³/mol. The molecule has 1 rings (SSSR count). The lowest BCUT2D eigenvalue weighted by molar-refractivity contribution is -0.149. The summed E-state index contributed by atoms with van der Waals surface area (Å²) in [4.78, 5) is 23.3. The van der Waals surface area contributed by atoms with Crippen molar-refractivity contribution >= 4 is 12.1 Å². The second-order valence-corrected chi connectivity index (χ2v) is 6.04. The summed E-state index contributed by atoms with van der Waals surface area (Å²) >= 11 is 0. The highest BCUT2D eigenvalue weighted by molar-refractivity contribution is 5.85. The molecule has 1 amide bonds. The first-order valence-electron chi connectivity index (χ1n) is 6.57. The largest absolute Gasteiger partial charge is 0.479 e. The molecule has 0 aromatic rings. The van der Waals surface area contributed by atoms with Crippen molar-refractivity contribution in [3.05, 3.63) is 0 Å². The van der Waals surface area contributed by atoms with Crippen LogP contribution in [0.5, 0.6) is 0 Å². The first kappa shape index (κ1) is 15.8. The number of hydrogen-bond acceptors (Lipinski definition) is 4. The third kappa shape index (κ3) is 3.83. The number of carbonyl (C=O) groups excluding carboxylic acids is 1. The Hall–Kier alpha value is -1.30. The number of rotatable bonds is 4. The number of carboxylic acid groups (broad SMARTS) is 1. The Labute approximate surface area is 113 Å². The molecule has 1 saturated carbocycles.